The van der Waals surface area contributed by atoms with Crippen LogP contribution in [0, 0.1) is 10.1 Å². The fourth-order valence-electron chi connectivity index (χ4n) is 2.25. The maximum absolute atomic E-state index is 12.1. The van der Waals surface area contributed by atoms with E-state index in [0.717, 1.165) is 11.6 Å². The van der Waals surface area contributed by atoms with Gasteiger partial charge in [0.05, 0.1) is 16.0 Å². The van der Waals surface area contributed by atoms with Gasteiger partial charge in [0.25, 0.3) is 11.6 Å². The fraction of sp³-hybridized carbons (Fsp3) is 0.222. The molecule has 7 nitrogen and oxygen atoms in total. The number of benzene rings is 2. The van der Waals surface area contributed by atoms with Crippen LogP contribution in [0.5, 0.6) is 5.75 Å². The van der Waals surface area contributed by atoms with Crippen molar-refractivity contribution in [2.45, 2.75) is 19.4 Å². The first kappa shape index (κ1) is 19.4. The van der Waals surface area contributed by atoms with Crippen LogP contribution < -0.4 is 10.1 Å². The summed E-state index contributed by atoms with van der Waals surface area (Å²) in [7, 11) is 0. The number of amides is 1. The number of nitrogens with one attached hydrogen (secondary N) is 1. The molecule has 136 valence electrons. The van der Waals surface area contributed by atoms with Crippen LogP contribution in [0.2, 0.25) is 5.02 Å². The Balaban J connectivity index is 1.94. The highest BCUT2D eigenvalue weighted by molar-refractivity contribution is 6.32. The van der Waals surface area contributed by atoms with E-state index in [1.54, 1.807) is 0 Å². The highest BCUT2D eigenvalue weighted by Gasteiger charge is 2.18. The minimum Gasteiger partial charge on any atom is -0.482 e. The first-order valence-corrected chi connectivity index (χ1v) is 8.15. The first-order chi connectivity index (χ1) is 12.4. The molecule has 2 rings (SSSR count). The summed E-state index contributed by atoms with van der Waals surface area (Å²) in [6.45, 7) is 1.04. The minimum atomic E-state index is -0.666. The Labute approximate surface area is 155 Å². The highest BCUT2D eigenvalue weighted by Crippen LogP contribution is 2.28. The van der Waals surface area contributed by atoms with Crippen molar-refractivity contribution in [3.8, 4) is 5.75 Å². The molecule has 0 saturated carbocycles. The summed E-state index contributed by atoms with van der Waals surface area (Å²) < 4.78 is 5.29. The second kappa shape index (κ2) is 8.96. The van der Waals surface area contributed by atoms with Crippen LogP contribution >= 0.6 is 11.6 Å². The molecule has 26 heavy (non-hydrogen) atoms. The lowest BCUT2D eigenvalue weighted by molar-refractivity contribution is -0.384. The van der Waals surface area contributed by atoms with Crippen LogP contribution in [-0.4, -0.2) is 29.3 Å². The zero-order valence-electron chi connectivity index (χ0n) is 14.0. The summed E-state index contributed by atoms with van der Waals surface area (Å²) in [6.07, 6.45) is 0.375. The number of ketones is 1. The van der Waals surface area contributed by atoms with Crippen LogP contribution in [0.4, 0.5) is 5.69 Å². The van der Waals surface area contributed by atoms with Gasteiger partial charge in [-0.3, -0.25) is 19.7 Å². The van der Waals surface area contributed by atoms with Crippen molar-refractivity contribution < 1.29 is 19.2 Å². The molecule has 0 aliphatic rings. The number of rotatable bonds is 8. The van der Waals surface area contributed by atoms with Gasteiger partial charge in [-0.15, -0.1) is 0 Å². The summed E-state index contributed by atoms with van der Waals surface area (Å²) in [4.78, 5) is 33.9. The van der Waals surface area contributed by atoms with Gasteiger partial charge in [-0.1, -0.05) is 41.9 Å². The molecule has 0 spiro atoms. The molecule has 1 unspecified atom stereocenters. The topological polar surface area (TPSA) is 98.5 Å². The molecule has 2 aromatic rings. The van der Waals surface area contributed by atoms with Crippen molar-refractivity contribution in [3.63, 3.8) is 0 Å². The molecule has 0 heterocycles. The van der Waals surface area contributed by atoms with Gasteiger partial charge in [-0.2, -0.15) is 0 Å². The number of hydrogen-bond acceptors (Lipinski definition) is 5. The van der Waals surface area contributed by atoms with Crippen LogP contribution in [0.1, 0.15) is 12.5 Å². The number of carbonyl (C=O) groups is 2. The van der Waals surface area contributed by atoms with E-state index in [1.165, 1.54) is 19.1 Å². The van der Waals surface area contributed by atoms with Gasteiger partial charge < -0.3 is 10.1 Å². The lowest BCUT2D eigenvalue weighted by atomic mass is 10.0. The summed E-state index contributed by atoms with van der Waals surface area (Å²) in [5.41, 5.74) is 0.749. The molecule has 8 heteroatoms. The lowest BCUT2D eigenvalue weighted by Gasteiger charge is -2.16. The van der Waals surface area contributed by atoms with Gasteiger partial charge in [-0.05, 0) is 25.0 Å². The van der Waals surface area contributed by atoms with Crippen LogP contribution in [-0.2, 0) is 16.0 Å². The van der Waals surface area contributed by atoms with E-state index < -0.39 is 16.9 Å². The SMILES string of the molecule is CC(=O)C(Cc1ccccc1)NC(=O)COc1ccc([N+](=O)[O-])cc1Cl. The average molecular weight is 377 g/mol. The van der Waals surface area contributed by atoms with Gasteiger partial charge in [0.2, 0.25) is 0 Å². The Kier molecular flexibility index (Phi) is 6.68. The second-order valence-electron chi connectivity index (χ2n) is 5.58. The van der Waals surface area contributed by atoms with Crippen molar-refractivity contribution >= 4 is 29.0 Å². The zero-order valence-corrected chi connectivity index (χ0v) is 14.7. The number of non-ortho nitro benzene ring substituents is 1. The Bertz CT molecular complexity index is 810. The largest absolute Gasteiger partial charge is 0.482 e. The molecular weight excluding hydrogens is 360 g/mol. The van der Waals surface area contributed by atoms with E-state index in [0.29, 0.717) is 6.42 Å². The summed E-state index contributed by atoms with van der Waals surface area (Å²) >= 11 is 5.91. The lowest BCUT2D eigenvalue weighted by Crippen LogP contribution is -2.43. The number of ether oxygens (including phenoxy) is 1. The van der Waals surface area contributed by atoms with Crippen molar-refractivity contribution in [2.24, 2.45) is 0 Å². The van der Waals surface area contributed by atoms with Gasteiger partial charge in [0.15, 0.2) is 12.4 Å². The molecule has 0 bridgehead atoms. The number of nitrogens with zero attached hydrogens (tertiary/aromatic N) is 1. The third kappa shape index (κ3) is 5.56. The third-order valence-corrected chi connectivity index (χ3v) is 3.89. The molecule has 0 fully saturated rings. The van der Waals surface area contributed by atoms with Crippen LogP contribution in [0.3, 0.4) is 0 Å². The van der Waals surface area contributed by atoms with E-state index in [1.807, 2.05) is 30.3 Å². The number of nitro benzene ring substituents is 1. The summed E-state index contributed by atoms with van der Waals surface area (Å²) in [5.74, 6) is -0.513. The quantitative estimate of drug-likeness (QED) is 0.564. The number of halogens is 1. The molecule has 0 saturated heterocycles. The van der Waals surface area contributed by atoms with E-state index in [9.17, 15) is 19.7 Å². The van der Waals surface area contributed by atoms with Crippen molar-refractivity contribution in [1.29, 1.82) is 0 Å². The minimum absolute atomic E-state index is 0.0272. The fourth-order valence-corrected chi connectivity index (χ4v) is 2.48. The van der Waals surface area contributed by atoms with E-state index in [-0.39, 0.29) is 28.8 Å². The molecule has 1 N–H and O–H groups in total. The second-order valence-corrected chi connectivity index (χ2v) is 5.99. The highest BCUT2D eigenvalue weighted by atomic mass is 35.5. The van der Waals surface area contributed by atoms with Crippen LogP contribution in [0.15, 0.2) is 48.5 Å². The molecule has 0 aromatic heterocycles. The molecule has 2 aromatic carbocycles. The monoisotopic (exact) mass is 376 g/mol. The average Bonchev–Trinajstić information content (AvgIpc) is 2.60. The Morgan fingerprint density at radius 3 is 2.50 bits per heavy atom. The predicted molar refractivity (Wildman–Crippen MR) is 96.4 cm³/mol. The maximum Gasteiger partial charge on any atom is 0.271 e. The predicted octanol–water partition coefficient (Wildman–Crippen LogP) is 2.94. The number of carbonyl (C=O) groups excluding carboxylic acids is 2. The summed E-state index contributed by atoms with van der Waals surface area (Å²) in [5, 5.41) is 13.3. The van der Waals surface area contributed by atoms with Gasteiger partial charge in [-0.25, -0.2) is 0 Å². The Hall–Kier alpha value is -2.93. The van der Waals surface area contributed by atoms with Gasteiger partial charge in [0.1, 0.15) is 5.75 Å². The van der Waals surface area contributed by atoms with Crippen molar-refractivity contribution in [1.82, 2.24) is 5.32 Å². The van der Waals surface area contributed by atoms with E-state index in [4.69, 9.17) is 16.3 Å². The van der Waals surface area contributed by atoms with Gasteiger partial charge >= 0.3 is 0 Å². The Morgan fingerprint density at radius 1 is 1.23 bits per heavy atom. The maximum atomic E-state index is 12.1. The molecule has 0 aliphatic heterocycles. The molecular formula is C18H17ClN2O5. The Morgan fingerprint density at radius 2 is 1.92 bits per heavy atom. The number of nitro groups is 1. The smallest absolute Gasteiger partial charge is 0.271 e. The van der Waals surface area contributed by atoms with Crippen molar-refractivity contribution in [3.05, 3.63) is 69.2 Å². The molecule has 0 radical (unpaired) electrons. The molecule has 0 aliphatic carbocycles. The number of hydrogen-bond donors (Lipinski definition) is 1. The van der Waals surface area contributed by atoms with E-state index >= 15 is 0 Å². The van der Waals surface area contributed by atoms with E-state index in [2.05, 4.69) is 5.32 Å². The van der Waals surface area contributed by atoms with Crippen LogP contribution in [0.25, 0.3) is 0 Å². The van der Waals surface area contributed by atoms with Gasteiger partial charge in [0, 0.05) is 12.1 Å². The summed E-state index contributed by atoms with van der Waals surface area (Å²) in [6, 6.07) is 12.3. The van der Waals surface area contributed by atoms with Crippen molar-refractivity contribution in [2.75, 3.05) is 6.61 Å². The standard InChI is InChI=1S/C18H17ClN2O5/c1-12(22)16(9-13-5-3-2-4-6-13)20-18(23)11-26-17-8-7-14(21(24)25)10-15(17)19/h2-8,10,16H,9,11H2,1H3,(H,20,23). The molecule has 1 amide bonds. The zero-order chi connectivity index (χ0) is 19.1. The number of Topliss-reactive ketones (excluding diaryl/α,β-unsaturated/α-hetero) is 1. The molecule has 1 atom stereocenters. The first-order valence-electron chi connectivity index (χ1n) is 7.77. The third-order valence-electron chi connectivity index (χ3n) is 3.59. The normalized spacial score (nSPS) is 11.5.